The number of hydrogen-bond acceptors (Lipinski definition) is 4. The molecule has 21 heavy (non-hydrogen) atoms. The second kappa shape index (κ2) is 5.54. The number of nitrogens with one attached hydrogen (secondary N) is 1. The van der Waals surface area contributed by atoms with Crippen LogP contribution in [0.25, 0.3) is 10.1 Å². The van der Waals surface area contributed by atoms with E-state index in [1.54, 1.807) is 6.20 Å². The highest BCUT2D eigenvalue weighted by Gasteiger charge is 2.16. The standard InChI is InChI=1S/C16H15N3OS/c1-10-5-4-8-18-12(10)9-19-16(20)15-14(17)11-6-2-3-7-13(11)21-15/h2-8H,9,17H2,1H3,(H,19,20). The Bertz CT molecular complexity index is 810. The summed E-state index contributed by atoms with van der Waals surface area (Å²) < 4.78 is 1.02. The van der Waals surface area contributed by atoms with Crippen molar-refractivity contribution in [2.75, 3.05) is 5.73 Å². The van der Waals surface area contributed by atoms with Gasteiger partial charge in [0.15, 0.2) is 0 Å². The van der Waals surface area contributed by atoms with Gasteiger partial charge in [-0.2, -0.15) is 0 Å². The Balaban J connectivity index is 1.81. The van der Waals surface area contributed by atoms with E-state index < -0.39 is 0 Å². The zero-order valence-corrected chi connectivity index (χ0v) is 12.4. The molecule has 0 bridgehead atoms. The monoisotopic (exact) mass is 297 g/mol. The van der Waals surface area contributed by atoms with E-state index in [-0.39, 0.29) is 5.91 Å². The Morgan fingerprint density at radius 2 is 2.10 bits per heavy atom. The molecule has 0 radical (unpaired) electrons. The van der Waals surface area contributed by atoms with Gasteiger partial charge in [-0.25, -0.2) is 0 Å². The fourth-order valence-electron chi connectivity index (χ4n) is 2.18. The molecule has 0 saturated heterocycles. The van der Waals surface area contributed by atoms with Crippen LogP contribution in [0.1, 0.15) is 20.9 Å². The number of pyridine rings is 1. The molecule has 4 nitrogen and oxygen atoms in total. The van der Waals surface area contributed by atoms with Crippen LogP contribution in [-0.2, 0) is 6.54 Å². The molecule has 0 spiro atoms. The lowest BCUT2D eigenvalue weighted by atomic mass is 10.2. The third-order valence-electron chi connectivity index (χ3n) is 3.37. The van der Waals surface area contributed by atoms with Crippen molar-refractivity contribution in [3.05, 3.63) is 58.7 Å². The Morgan fingerprint density at radius 1 is 1.29 bits per heavy atom. The highest BCUT2D eigenvalue weighted by Crippen LogP contribution is 2.33. The summed E-state index contributed by atoms with van der Waals surface area (Å²) in [6.07, 6.45) is 1.72. The quantitative estimate of drug-likeness (QED) is 0.780. The number of carbonyl (C=O) groups is 1. The van der Waals surface area contributed by atoms with Crippen LogP contribution in [0.2, 0.25) is 0 Å². The van der Waals surface area contributed by atoms with E-state index in [1.165, 1.54) is 11.3 Å². The Labute approximate surface area is 126 Å². The van der Waals surface area contributed by atoms with Crippen molar-refractivity contribution >= 4 is 33.0 Å². The summed E-state index contributed by atoms with van der Waals surface area (Å²) in [5, 5.41) is 3.82. The van der Waals surface area contributed by atoms with E-state index >= 15 is 0 Å². The normalized spacial score (nSPS) is 10.7. The molecule has 2 aromatic heterocycles. The molecule has 3 aromatic rings. The molecule has 0 atom stereocenters. The van der Waals surface area contributed by atoms with Crippen LogP contribution in [0.3, 0.4) is 0 Å². The lowest BCUT2D eigenvalue weighted by molar-refractivity contribution is 0.0955. The van der Waals surface area contributed by atoms with E-state index in [2.05, 4.69) is 10.3 Å². The van der Waals surface area contributed by atoms with Crippen molar-refractivity contribution in [3.63, 3.8) is 0 Å². The Hall–Kier alpha value is -2.40. The maximum atomic E-state index is 12.3. The van der Waals surface area contributed by atoms with Crippen molar-refractivity contribution < 1.29 is 4.79 Å². The predicted molar refractivity (Wildman–Crippen MR) is 86.4 cm³/mol. The number of amides is 1. The van der Waals surface area contributed by atoms with E-state index in [0.717, 1.165) is 21.3 Å². The number of aromatic nitrogens is 1. The van der Waals surface area contributed by atoms with Crippen molar-refractivity contribution in [2.45, 2.75) is 13.5 Å². The third kappa shape index (κ3) is 2.60. The first-order valence-electron chi connectivity index (χ1n) is 6.62. The summed E-state index contributed by atoms with van der Waals surface area (Å²) in [5.41, 5.74) is 8.54. The average molecular weight is 297 g/mol. The van der Waals surface area contributed by atoms with E-state index in [9.17, 15) is 4.79 Å². The van der Waals surface area contributed by atoms with Gasteiger partial charge in [0.05, 0.1) is 17.9 Å². The molecule has 0 unspecified atom stereocenters. The van der Waals surface area contributed by atoms with Gasteiger partial charge in [0.2, 0.25) is 0 Å². The van der Waals surface area contributed by atoms with Crippen LogP contribution in [0.5, 0.6) is 0 Å². The van der Waals surface area contributed by atoms with Crippen molar-refractivity contribution in [2.24, 2.45) is 0 Å². The van der Waals surface area contributed by atoms with E-state index in [4.69, 9.17) is 5.73 Å². The fraction of sp³-hybridized carbons (Fsp3) is 0.125. The number of fused-ring (bicyclic) bond motifs is 1. The summed E-state index contributed by atoms with van der Waals surface area (Å²) in [7, 11) is 0. The van der Waals surface area contributed by atoms with Crippen LogP contribution in [0, 0.1) is 6.92 Å². The molecule has 2 heterocycles. The largest absolute Gasteiger partial charge is 0.397 e. The first kappa shape index (κ1) is 13.6. The van der Waals surface area contributed by atoms with Gasteiger partial charge >= 0.3 is 0 Å². The summed E-state index contributed by atoms with van der Waals surface area (Å²) in [6, 6.07) is 11.6. The lowest BCUT2D eigenvalue weighted by Gasteiger charge is -2.06. The number of carbonyl (C=O) groups excluding carboxylic acids is 1. The number of nitrogen functional groups attached to an aromatic ring is 1. The van der Waals surface area contributed by atoms with Gasteiger partial charge < -0.3 is 11.1 Å². The molecule has 3 rings (SSSR count). The highest BCUT2D eigenvalue weighted by molar-refractivity contribution is 7.21. The van der Waals surface area contributed by atoms with Gasteiger partial charge in [-0.3, -0.25) is 9.78 Å². The molecule has 1 amide bonds. The number of anilines is 1. The second-order valence-corrected chi connectivity index (χ2v) is 5.84. The van der Waals surface area contributed by atoms with Crippen molar-refractivity contribution in [1.82, 2.24) is 10.3 Å². The number of nitrogens with zero attached hydrogens (tertiary/aromatic N) is 1. The number of rotatable bonds is 3. The molecule has 0 aliphatic heterocycles. The average Bonchev–Trinajstić information content (AvgIpc) is 2.84. The van der Waals surface area contributed by atoms with Crippen LogP contribution >= 0.6 is 11.3 Å². The third-order valence-corrected chi connectivity index (χ3v) is 4.56. The molecule has 0 aliphatic carbocycles. The lowest BCUT2D eigenvalue weighted by Crippen LogP contribution is -2.23. The number of aryl methyl sites for hydroxylation is 1. The molecule has 0 fully saturated rings. The van der Waals surface area contributed by atoms with Gasteiger partial charge in [-0.05, 0) is 24.6 Å². The van der Waals surface area contributed by atoms with Crippen molar-refractivity contribution in [1.29, 1.82) is 0 Å². The minimum Gasteiger partial charge on any atom is -0.397 e. The van der Waals surface area contributed by atoms with E-state index in [1.807, 2.05) is 43.3 Å². The van der Waals surface area contributed by atoms with E-state index in [0.29, 0.717) is 17.1 Å². The number of hydrogen-bond donors (Lipinski definition) is 2. The second-order valence-electron chi connectivity index (χ2n) is 4.79. The van der Waals surface area contributed by atoms with Gasteiger partial charge in [0, 0.05) is 16.3 Å². The van der Waals surface area contributed by atoms with Crippen molar-refractivity contribution in [3.8, 4) is 0 Å². The molecular formula is C16H15N3OS. The number of benzene rings is 1. The van der Waals surface area contributed by atoms with Gasteiger partial charge in [-0.15, -0.1) is 11.3 Å². The summed E-state index contributed by atoms with van der Waals surface area (Å²) >= 11 is 1.41. The van der Waals surface area contributed by atoms with Gasteiger partial charge in [0.1, 0.15) is 4.88 Å². The SMILES string of the molecule is Cc1cccnc1CNC(=O)c1sc2ccccc2c1N. The topological polar surface area (TPSA) is 68.0 Å². The highest BCUT2D eigenvalue weighted by atomic mass is 32.1. The minimum absolute atomic E-state index is 0.154. The molecule has 3 N–H and O–H groups in total. The molecule has 5 heteroatoms. The molecule has 106 valence electrons. The zero-order valence-electron chi connectivity index (χ0n) is 11.6. The summed E-state index contributed by atoms with van der Waals surface area (Å²) in [4.78, 5) is 17.1. The summed E-state index contributed by atoms with van der Waals surface area (Å²) in [5.74, 6) is -0.154. The first-order valence-corrected chi connectivity index (χ1v) is 7.44. The van der Waals surface area contributed by atoms with Crippen LogP contribution in [0.15, 0.2) is 42.6 Å². The minimum atomic E-state index is -0.154. The molecular weight excluding hydrogens is 282 g/mol. The summed E-state index contributed by atoms with van der Waals surface area (Å²) in [6.45, 7) is 2.38. The first-order chi connectivity index (χ1) is 10.2. The van der Waals surface area contributed by atoms with Gasteiger partial charge in [-0.1, -0.05) is 24.3 Å². The fourth-order valence-corrected chi connectivity index (χ4v) is 3.22. The van der Waals surface area contributed by atoms with Crippen LogP contribution in [0.4, 0.5) is 5.69 Å². The van der Waals surface area contributed by atoms with Gasteiger partial charge in [0.25, 0.3) is 5.91 Å². The Kier molecular flexibility index (Phi) is 3.58. The number of nitrogens with two attached hydrogens (primary N) is 1. The molecule has 1 aromatic carbocycles. The van der Waals surface area contributed by atoms with Crippen LogP contribution < -0.4 is 11.1 Å². The number of thiophene rings is 1. The molecule has 0 aliphatic rings. The zero-order chi connectivity index (χ0) is 14.8. The van der Waals surface area contributed by atoms with Crippen LogP contribution in [-0.4, -0.2) is 10.9 Å². The maximum Gasteiger partial charge on any atom is 0.263 e. The predicted octanol–water partition coefficient (Wildman–Crippen LogP) is 3.12. The molecule has 0 saturated carbocycles. The Morgan fingerprint density at radius 3 is 2.86 bits per heavy atom. The maximum absolute atomic E-state index is 12.3. The smallest absolute Gasteiger partial charge is 0.263 e.